The Morgan fingerprint density at radius 3 is 2.67 bits per heavy atom. The normalized spacial score (nSPS) is 31.3. The summed E-state index contributed by atoms with van der Waals surface area (Å²) in [6.07, 6.45) is -4.07. The lowest BCUT2D eigenvalue weighted by Gasteiger charge is -2.35. The highest BCUT2D eigenvalue weighted by atomic mass is 32.5. The second-order valence-corrected chi connectivity index (χ2v) is 12.2. The van der Waals surface area contributed by atoms with Crippen molar-refractivity contribution in [3.05, 3.63) is 23.0 Å². The number of halogens is 1. The first-order valence-corrected chi connectivity index (χ1v) is 14.6. The quantitative estimate of drug-likeness (QED) is 0.0930. The van der Waals surface area contributed by atoms with Crippen molar-refractivity contribution in [3.8, 4) is 0 Å². The molecule has 23 heteroatoms. The third-order valence-corrected chi connectivity index (χ3v) is 8.49. The van der Waals surface area contributed by atoms with E-state index in [4.69, 9.17) is 41.8 Å². The summed E-state index contributed by atoms with van der Waals surface area (Å²) in [5.74, 6) is -3.00. The van der Waals surface area contributed by atoms with Crippen LogP contribution in [0.15, 0.2) is 17.4 Å². The SMILES string of the molecule is Nc1nc2c(ncn2[C@]2(OP(O)(=S)OC[C@H]3OC[C@@](F)(n4nnc5c(N)ncnc54)[C@@H]3O)CO[C@H](CO)[C@H]2O)c(=O)[nH]1. The lowest BCUT2D eigenvalue weighted by atomic mass is 10.1. The minimum Gasteiger partial charge on any atom is -0.394 e. The zero-order chi connectivity index (χ0) is 30.0. The Labute approximate surface area is 237 Å². The van der Waals surface area contributed by atoms with E-state index in [9.17, 15) is 25.0 Å². The van der Waals surface area contributed by atoms with E-state index in [-0.39, 0.29) is 34.1 Å². The van der Waals surface area contributed by atoms with Crippen molar-refractivity contribution >= 4 is 52.6 Å². The Kier molecular flexibility index (Phi) is 6.96. The topological polar surface area (TPSA) is 290 Å². The van der Waals surface area contributed by atoms with Gasteiger partial charge < -0.3 is 45.7 Å². The van der Waals surface area contributed by atoms with Gasteiger partial charge in [-0.2, -0.15) is 9.67 Å². The van der Waals surface area contributed by atoms with Crippen molar-refractivity contribution in [3.63, 3.8) is 0 Å². The molecule has 2 fully saturated rings. The van der Waals surface area contributed by atoms with E-state index >= 15 is 4.39 Å². The van der Waals surface area contributed by atoms with Crippen LogP contribution in [-0.2, 0) is 41.8 Å². The van der Waals surface area contributed by atoms with Crippen LogP contribution in [0.2, 0.25) is 0 Å². The molecule has 226 valence electrons. The van der Waals surface area contributed by atoms with Gasteiger partial charge in [-0.1, -0.05) is 5.21 Å². The number of aromatic nitrogens is 9. The van der Waals surface area contributed by atoms with Crippen LogP contribution in [0, 0.1) is 0 Å². The number of ether oxygens (including phenoxy) is 2. The number of nitrogens with two attached hydrogens (primary N) is 2. The maximum atomic E-state index is 16.0. The molecule has 0 amide bonds. The first-order valence-electron chi connectivity index (χ1n) is 12.0. The Morgan fingerprint density at radius 2 is 1.93 bits per heavy atom. The van der Waals surface area contributed by atoms with Crippen molar-refractivity contribution in [2.75, 3.05) is 37.9 Å². The second kappa shape index (κ2) is 10.2. The number of aliphatic hydroxyl groups is 3. The third kappa shape index (κ3) is 4.43. The van der Waals surface area contributed by atoms with E-state index < -0.39 is 74.6 Å². The Morgan fingerprint density at radius 1 is 1.17 bits per heavy atom. The lowest BCUT2D eigenvalue weighted by molar-refractivity contribution is -0.101. The number of H-pyrrole nitrogens is 1. The Balaban J connectivity index is 1.25. The first kappa shape index (κ1) is 28.8. The molecule has 7 atom stereocenters. The Bertz CT molecular complexity index is 1770. The van der Waals surface area contributed by atoms with E-state index in [0.29, 0.717) is 4.68 Å². The second-order valence-electron chi connectivity index (χ2n) is 9.46. The van der Waals surface area contributed by atoms with Gasteiger partial charge in [-0.05, 0) is 11.8 Å². The molecule has 2 saturated heterocycles. The summed E-state index contributed by atoms with van der Waals surface area (Å²) < 4.78 is 39.8. The molecule has 2 aliphatic heterocycles. The van der Waals surface area contributed by atoms with Crippen LogP contribution >= 0.6 is 6.72 Å². The number of nitrogens with one attached hydrogen (secondary N) is 1. The maximum absolute atomic E-state index is 16.0. The average molecular weight is 632 g/mol. The average Bonchev–Trinajstić information content (AvgIpc) is 3.70. The predicted octanol–water partition coefficient (Wildman–Crippen LogP) is -3.44. The predicted molar refractivity (Wildman–Crippen MR) is 139 cm³/mol. The molecule has 4 aromatic heterocycles. The number of hydrogen-bond acceptors (Lipinski definition) is 17. The number of alkyl halides is 1. The van der Waals surface area contributed by atoms with Gasteiger partial charge in [0.1, 0.15) is 37.4 Å². The number of fused-ring (bicyclic) bond motifs is 2. The number of hydrogen-bond donors (Lipinski definition) is 7. The van der Waals surface area contributed by atoms with Gasteiger partial charge in [-0.15, -0.1) is 5.10 Å². The van der Waals surface area contributed by atoms with E-state index in [1.165, 1.54) is 0 Å². The van der Waals surface area contributed by atoms with Crippen LogP contribution in [0.4, 0.5) is 16.2 Å². The molecule has 6 rings (SSSR count). The zero-order valence-electron chi connectivity index (χ0n) is 21.1. The van der Waals surface area contributed by atoms with Crippen molar-refractivity contribution < 1.29 is 43.1 Å². The van der Waals surface area contributed by atoms with Crippen molar-refractivity contribution in [2.45, 2.75) is 35.9 Å². The number of nitrogens with zero attached hydrogens (tertiary/aromatic N) is 8. The number of rotatable bonds is 8. The molecule has 9 N–H and O–H groups in total. The van der Waals surface area contributed by atoms with Crippen molar-refractivity contribution in [1.29, 1.82) is 0 Å². The largest absolute Gasteiger partial charge is 0.394 e. The molecule has 0 radical (unpaired) electrons. The lowest BCUT2D eigenvalue weighted by Crippen LogP contribution is -2.49. The minimum atomic E-state index is -4.42. The van der Waals surface area contributed by atoms with Crippen LogP contribution in [0.1, 0.15) is 0 Å². The molecular formula is C19H23FN11O9PS. The van der Waals surface area contributed by atoms with Crippen molar-refractivity contribution in [2.24, 2.45) is 0 Å². The fourth-order valence-corrected chi connectivity index (χ4v) is 6.41. The Hall–Kier alpha value is -3.31. The summed E-state index contributed by atoms with van der Waals surface area (Å²) in [4.78, 5) is 41.3. The van der Waals surface area contributed by atoms with Gasteiger partial charge in [0.15, 0.2) is 28.1 Å². The van der Waals surface area contributed by atoms with E-state index in [1.54, 1.807) is 0 Å². The highest BCUT2D eigenvalue weighted by Gasteiger charge is 2.57. The fraction of sp³-hybridized carbons (Fsp3) is 0.526. The molecule has 20 nitrogen and oxygen atoms in total. The summed E-state index contributed by atoms with van der Waals surface area (Å²) in [6.45, 7) is -6.98. The van der Waals surface area contributed by atoms with Crippen LogP contribution in [0.25, 0.3) is 22.3 Å². The monoisotopic (exact) mass is 631 g/mol. The number of imidazole rings is 1. The summed E-state index contributed by atoms with van der Waals surface area (Å²) in [7, 11) is 0. The maximum Gasteiger partial charge on any atom is 0.326 e. The van der Waals surface area contributed by atoms with E-state index in [0.717, 1.165) is 17.2 Å². The van der Waals surface area contributed by atoms with Gasteiger partial charge in [0.05, 0.1) is 26.1 Å². The van der Waals surface area contributed by atoms with Gasteiger partial charge in [0, 0.05) is 0 Å². The first-order chi connectivity index (χ1) is 19.9. The minimum absolute atomic E-state index is 0.00904. The van der Waals surface area contributed by atoms with Crippen LogP contribution in [0.5, 0.6) is 0 Å². The molecule has 1 unspecified atom stereocenters. The molecule has 6 heterocycles. The summed E-state index contributed by atoms with van der Waals surface area (Å²) in [5.41, 5.74) is 8.16. The molecular weight excluding hydrogens is 608 g/mol. The number of nitrogen functional groups attached to an aromatic ring is 2. The molecule has 2 aliphatic rings. The fourth-order valence-electron chi connectivity index (χ4n) is 4.81. The van der Waals surface area contributed by atoms with Gasteiger partial charge in [-0.25, -0.2) is 19.3 Å². The highest BCUT2D eigenvalue weighted by molar-refractivity contribution is 8.07. The number of anilines is 2. The van der Waals surface area contributed by atoms with Gasteiger partial charge in [0.25, 0.3) is 11.4 Å². The summed E-state index contributed by atoms with van der Waals surface area (Å²) in [5, 5.41) is 39.0. The third-order valence-electron chi connectivity index (χ3n) is 6.93. The molecule has 0 aliphatic carbocycles. The summed E-state index contributed by atoms with van der Waals surface area (Å²) >= 11 is 5.17. The highest BCUT2D eigenvalue weighted by Crippen LogP contribution is 2.53. The molecule has 0 aromatic carbocycles. The van der Waals surface area contributed by atoms with Crippen molar-refractivity contribution in [1.82, 2.24) is 44.5 Å². The number of aromatic amines is 1. The smallest absolute Gasteiger partial charge is 0.326 e. The molecule has 0 bridgehead atoms. The molecule has 42 heavy (non-hydrogen) atoms. The number of aliphatic hydroxyl groups excluding tert-OH is 3. The molecule has 0 spiro atoms. The zero-order valence-corrected chi connectivity index (χ0v) is 22.8. The van der Waals surface area contributed by atoms with Crippen LogP contribution in [-0.4, -0.2) is 116 Å². The standard InChI is InChI=1S/C19H23FN11O9PS/c20-18(31-14-9(28-29-31)13(21)23-5-24-14)3-37-8(11(18)33)2-39-41(36,42)40-19(4-38-7(1-32)12(19)34)30-6-25-10-15(30)26-17(22)27-16(10)35/h5-8,11-12,32-34H,1-4H2,(H,36,42)(H2,21,23,24)(H3,22,26,27,35)/t7-,8-,11-,12-,18-,19+,41?/m1/s1. The van der Waals surface area contributed by atoms with E-state index in [1.807, 2.05) is 0 Å². The van der Waals surface area contributed by atoms with E-state index in [2.05, 4.69) is 35.2 Å². The van der Waals surface area contributed by atoms with Gasteiger partial charge in [-0.3, -0.25) is 18.9 Å². The van der Waals surface area contributed by atoms with Crippen LogP contribution < -0.4 is 17.0 Å². The molecule has 4 aromatic rings. The summed E-state index contributed by atoms with van der Waals surface area (Å²) in [6, 6.07) is 0. The molecule has 0 saturated carbocycles. The van der Waals surface area contributed by atoms with Gasteiger partial charge >= 0.3 is 6.72 Å². The van der Waals surface area contributed by atoms with Gasteiger partial charge in [0.2, 0.25) is 11.7 Å². The van der Waals surface area contributed by atoms with Crippen LogP contribution in [0.3, 0.4) is 0 Å².